The predicted molar refractivity (Wildman–Crippen MR) is 78.2 cm³/mol. The molecule has 0 N–H and O–H groups in total. The van der Waals surface area contributed by atoms with Crippen molar-refractivity contribution in [3.63, 3.8) is 0 Å². The van der Waals surface area contributed by atoms with E-state index in [9.17, 15) is 4.79 Å². The zero-order valence-electron chi connectivity index (χ0n) is 10.7. The molecule has 0 bridgehead atoms. The number of benzene rings is 1. The Balaban J connectivity index is 2.45. The highest BCUT2D eigenvalue weighted by atomic mass is 35.5. The third-order valence-electron chi connectivity index (χ3n) is 2.88. The Bertz CT molecular complexity index is 747. The van der Waals surface area contributed by atoms with Gasteiger partial charge in [0.15, 0.2) is 0 Å². The molecule has 0 unspecified atom stereocenters. The van der Waals surface area contributed by atoms with Crippen molar-refractivity contribution >= 4 is 23.2 Å². The fourth-order valence-corrected chi connectivity index (χ4v) is 2.31. The maximum atomic E-state index is 12.0. The number of rotatable bonds is 3. The molecule has 102 valence electrons. The lowest BCUT2D eigenvalue weighted by Crippen LogP contribution is -2.24. The summed E-state index contributed by atoms with van der Waals surface area (Å²) in [6.45, 7) is 2.20. The number of hydrogen-bond acceptors (Lipinski definition) is 3. The van der Waals surface area contributed by atoms with E-state index in [0.717, 1.165) is 5.56 Å². The van der Waals surface area contributed by atoms with Crippen molar-refractivity contribution in [2.45, 2.75) is 19.9 Å². The molecular formula is C14H11Cl2N3O. The van der Waals surface area contributed by atoms with Gasteiger partial charge in [0, 0.05) is 17.5 Å². The summed E-state index contributed by atoms with van der Waals surface area (Å²) in [5.74, 6) is 0.600. The molecule has 0 saturated heterocycles. The van der Waals surface area contributed by atoms with E-state index < -0.39 is 0 Å². The molecule has 1 aromatic carbocycles. The predicted octanol–water partition coefficient (Wildman–Crippen LogP) is 3.03. The Morgan fingerprint density at radius 1 is 1.35 bits per heavy atom. The van der Waals surface area contributed by atoms with E-state index in [-0.39, 0.29) is 10.7 Å². The average Bonchev–Trinajstić information content (AvgIpc) is 2.42. The molecule has 2 rings (SSSR count). The quantitative estimate of drug-likeness (QED) is 0.819. The van der Waals surface area contributed by atoms with Gasteiger partial charge in [0.25, 0.3) is 5.56 Å². The summed E-state index contributed by atoms with van der Waals surface area (Å²) in [6, 6.07) is 8.28. The fourth-order valence-electron chi connectivity index (χ4n) is 1.88. The molecule has 0 amide bonds. The Hall–Kier alpha value is -1.83. The molecule has 6 heteroatoms. The largest absolute Gasteiger partial charge is 0.292 e. The minimum Gasteiger partial charge on any atom is -0.292 e. The van der Waals surface area contributed by atoms with Gasteiger partial charge < -0.3 is 0 Å². The van der Waals surface area contributed by atoms with Crippen LogP contribution >= 0.6 is 23.2 Å². The van der Waals surface area contributed by atoms with Gasteiger partial charge in [-0.15, -0.1) is 0 Å². The normalized spacial score (nSPS) is 10.3. The van der Waals surface area contributed by atoms with Crippen LogP contribution in [0.5, 0.6) is 0 Å². The van der Waals surface area contributed by atoms with Gasteiger partial charge in [-0.1, -0.05) is 36.2 Å². The Morgan fingerprint density at radius 2 is 2.10 bits per heavy atom. The third-order valence-corrected chi connectivity index (χ3v) is 3.43. The van der Waals surface area contributed by atoms with Crippen LogP contribution in [0.15, 0.2) is 29.1 Å². The first-order chi connectivity index (χ1) is 9.55. The summed E-state index contributed by atoms with van der Waals surface area (Å²) in [6.07, 6.45) is 0.587. The molecule has 0 fully saturated rings. The lowest BCUT2D eigenvalue weighted by Gasteiger charge is -2.12. The lowest BCUT2D eigenvalue weighted by atomic mass is 10.1. The second-order valence-corrected chi connectivity index (χ2v) is 4.99. The van der Waals surface area contributed by atoms with Gasteiger partial charge in [-0.05, 0) is 17.7 Å². The lowest BCUT2D eigenvalue weighted by molar-refractivity contribution is 0.675. The highest BCUT2D eigenvalue weighted by Crippen LogP contribution is 2.19. The van der Waals surface area contributed by atoms with Crippen molar-refractivity contribution in [2.75, 3.05) is 0 Å². The van der Waals surface area contributed by atoms with Crippen LogP contribution in [0, 0.1) is 11.3 Å². The van der Waals surface area contributed by atoms with Gasteiger partial charge in [-0.25, -0.2) is 4.98 Å². The highest BCUT2D eigenvalue weighted by molar-refractivity contribution is 6.31. The van der Waals surface area contributed by atoms with Gasteiger partial charge in [0.1, 0.15) is 11.0 Å². The van der Waals surface area contributed by atoms with Gasteiger partial charge >= 0.3 is 0 Å². The first-order valence-electron chi connectivity index (χ1n) is 6.00. The van der Waals surface area contributed by atoms with Crippen LogP contribution in [-0.2, 0) is 13.0 Å². The van der Waals surface area contributed by atoms with Crippen LogP contribution in [0.4, 0.5) is 0 Å². The molecular weight excluding hydrogens is 297 g/mol. The van der Waals surface area contributed by atoms with Gasteiger partial charge in [0.05, 0.1) is 18.2 Å². The molecule has 4 nitrogen and oxygen atoms in total. The van der Waals surface area contributed by atoms with E-state index in [2.05, 4.69) is 4.98 Å². The fraction of sp³-hybridized carbons (Fsp3) is 0.214. The minimum absolute atomic E-state index is 0.189. The zero-order valence-corrected chi connectivity index (χ0v) is 12.2. The van der Waals surface area contributed by atoms with Crippen LogP contribution in [0.2, 0.25) is 10.2 Å². The molecule has 0 radical (unpaired) electrons. The molecule has 0 aliphatic heterocycles. The van der Waals surface area contributed by atoms with Crippen LogP contribution in [0.25, 0.3) is 0 Å². The third kappa shape index (κ3) is 3.01. The molecule has 0 atom stereocenters. The number of aromatic nitrogens is 2. The topological polar surface area (TPSA) is 58.7 Å². The molecule has 1 aromatic heterocycles. The number of halogens is 2. The summed E-state index contributed by atoms with van der Waals surface area (Å²) < 4.78 is 1.53. The van der Waals surface area contributed by atoms with E-state index in [4.69, 9.17) is 28.5 Å². The summed E-state index contributed by atoms with van der Waals surface area (Å²) in [5.41, 5.74) is 1.02. The number of nitriles is 1. The van der Waals surface area contributed by atoms with Crippen molar-refractivity contribution in [1.82, 2.24) is 9.55 Å². The summed E-state index contributed by atoms with van der Waals surface area (Å²) >= 11 is 11.9. The molecule has 1 heterocycles. The first-order valence-corrected chi connectivity index (χ1v) is 6.75. The number of nitrogens with zero attached hydrogens (tertiary/aromatic N) is 3. The molecule has 2 aromatic rings. The zero-order chi connectivity index (χ0) is 14.7. The number of aryl methyl sites for hydroxylation is 1. The van der Waals surface area contributed by atoms with Crippen molar-refractivity contribution in [1.29, 1.82) is 5.26 Å². The van der Waals surface area contributed by atoms with Crippen molar-refractivity contribution < 1.29 is 0 Å². The molecule has 20 heavy (non-hydrogen) atoms. The van der Waals surface area contributed by atoms with Crippen LogP contribution in [0.1, 0.15) is 23.9 Å². The molecule has 0 spiro atoms. The maximum absolute atomic E-state index is 12.0. The second-order valence-electron chi connectivity index (χ2n) is 4.19. The summed E-state index contributed by atoms with van der Waals surface area (Å²) in [7, 11) is 0. The SMILES string of the molecule is CCc1nc(Cl)cc(=O)n1Cc1ccc(C#N)cc1Cl. The summed E-state index contributed by atoms with van der Waals surface area (Å²) in [5, 5.41) is 9.45. The second kappa shape index (κ2) is 6.08. The van der Waals surface area contributed by atoms with E-state index >= 15 is 0 Å². The van der Waals surface area contributed by atoms with Gasteiger partial charge in [0.2, 0.25) is 0 Å². The molecule has 0 saturated carbocycles. The van der Waals surface area contributed by atoms with E-state index in [1.54, 1.807) is 18.2 Å². The van der Waals surface area contributed by atoms with E-state index in [0.29, 0.717) is 29.4 Å². The average molecular weight is 308 g/mol. The molecule has 0 aliphatic rings. The van der Waals surface area contributed by atoms with Crippen molar-refractivity contribution in [3.05, 3.63) is 61.7 Å². The van der Waals surface area contributed by atoms with Gasteiger partial charge in [-0.2, -0.15) is 5.26 Å². The maximum Gasteiger partial charge on any atom is 0.255 e. The standard InChI is InChI=1S/C14H11Cl2N3O/c1-2-13-18-12(16)6-14(20)19(13)8-10-4-3-9(7-17)5-11(10)15/h3-6H,2,8H2,1H3. The Kier molecular flexibility index (Phi) is 4.43. The van der Waals surface area contributed by atoms with Crippen LogP contribution in [-0.4, -0.2) is 9.55 Å². The number of hydrogen-bond donors (Lipinski definition) is 0. The molecule has 0 aliphatic carbocycles. The highest BCUT2D eigenvalue weighted by Gasteiger charge is 2.09. The van der Waals surface area contributed by atoms with Crippen LogP contribution < -0.4 is 5.56 Å². The summed E-state index contributed by atoms with van der Waals surface area (Å²) in [4.78, 5) is 16.1. The van der Waals surface area contributed by atoms with E-state index in [1.807, 2.05) is 13.0 Å². The Morgan fingerprint density at radius 3 is 2.70 bits per heavy atom. The minimum atomic E-state index is -0.220. The van der Waals surface area contributed by atoms with Crippen molar-refractivity contribution in [3.8, 4) is 6.07 Å². The van der Waals surface area contributed by atoms with Crippen molar-refractivity contribution in [2.24, 2.45) is 0 Å². The monoisotopic (exact) mass is 307 g/mol. The smallest absolute Gasteiger partial charge is 0.255 e. The van der Waals surface area contributed by atoms with E-state index in [1.165, 1.54) is 10.6 Å². The van der Waals surface area contributed by atoms with Gasteiger partial charge in [-0.3, -0.25) is 9.36 Å². The van der Waals surface area contributed by atoms with Crippen LogP contribution in [0.3, 0.4) is 0 Å². The first kappa shape index (κ1) is 14.6. The Labute approximate surface area is 126 Å².